The van der Waals surface area contributed by atoms with E-state index >= 15 is 0 Å². The van der Waals surface area contributed by atoms with Crippen LogP contribution in [0, 0.1) is 10.1 Å². The number of nitrogens with zero attached hydrogens (tertiary/aromatic N) is 6. The lowest BCUT2D eigenvalue weighted by Crippen LogP contribution is -2.30. The number of carbonyl (C=O) groups excluding carboxylic acids is 1. The number of carbonyl (C=O) groups is 1. The first-order valence-corrected chi connectivity index (χ1v) is 11.8. The minimum absolute atomic E-state index is 0.00948. The fourth-order valence-corrected chi connectivity index (χ4v) is 4.16. The van der Waals surface area contributed by atoms with Gasteiger partial charge in [-0.3, -0.25) is 14.9 Å². The molecule has 1 aliphatic rings. The number of benzene rings is 1. The van der Waals surface area contributed by atoms with Crippen LogP contribution < -0.4 is 10.2 Å². The van der Waals surface area contributed by atoms with Crippen molar-refractivity contribution >= 4 is 40.2 Å². The summed E-state index contributed by atoms with van der Waals surface area (Å²) in [6.07, 6.45) is 7.50. The van der Waals surface area contributed by atoms with E-state index in [1.54, 1.807) is 16.8 Å². The highest BCUT2D eigenvalue weighted by Gasteiger charge is 2.19. The van der Waals surface area contributed by atoms with Crippen molar-refractivity contribution in [2.75, 3.05) is 30.8 Å². The first kappa shape index (κ1) is 22.0. The van der Waals surface area contributed by atoms with Gasteiger partial charge in [0.1, 0.15) is 5.82 Å². The van der Waals surface area contributed by atoms with E-state index in [4.69, 9.17) is 4.98 Å². The van der Waals surface area contributed by atoms with Gasteiger partial charge in [0.15, 0.2) is 10.8 Å². The Hall–Kier alpha value is -3.21. The number of nitrogens with one attached hydrogen (secondary N) is 1. The zero-order chi connectivity index (χ0) is 22.5. The molecule has 0 radical (unpaired) electrons. The minimum atomic E-state index is -0.457. The molecule has 32 heavy (non-hydrogen) atoms. The van der Waals surface area contributed by atoms with E-state index in [-0.39, 0.29) is 18.0 Å². The molecule has 168 valence electrons. The highest BCUT2D eigenvalue weighted by Crippen LogP contribution is 2.28. The van der Waals surface area contributed by atoms with Crippen LogP contribution in [0.3, 0.4) is 0 Å². The number of non-ortho nitro benzene ring substituents is 1. The largest absolute Gasteiger partial charge is 0.356 e. The summed E-state index contributed by atoms with van der Waals surface area (Å²) < 4.78 is 1.80. The molecule has 0 spiro atoms. The molecular formula is C21H25N7O3S. The molecule has 0 atom stereocenters. The minimum Gasteiger partial charge on any atom is -0.356 e. The molecule has 0 unspecified atom stereocenters. The van der Waals surface area contributed by atoms with Gasteiger partial charge in [0, 0.05) is 31.8 Å². The Morgan fingerprint density at radius 2 is 1.94 bits per heavy atom. The van der Waals surface area contributed by atoms with E-state index in [9.17, 15) is 14.9 Å². The number of anilines is 1. The molecular weight excluding hydrogens is 430 g/mol. The third-order valence-electron chi connectivity index (χ3n) is 5.45. The molecule has 2 aromatic heterocycles. The topological polar surface area (TPSA) is 119 Å². The van der Waals surface area contributed by atoms with Gasteiger partial charge < -0.3 is 10.2 Å². The summed E-state index contributed by atoms with van der Waals surface area (Å²) >= 11 is 1.50. The quantitative estimate of drug-likeness (QED) is 0.238. The van der Waals surface area contributed by atoms with Gasteiger partial charge in [0.2, 0.25) is 5.91 Å². The van der Waals surface area contributed by atoms with Gasteiger partial charge in [-0.1, -0.05) is 23.9 Å². The zero-order valence-corrected chi connectivity index (χ0v) is 18.7. The Bertz CT molecular complexity index is 1110. The number of amides is 1. The Morgan fingerprint density at radius 3 is 2.62 bits per heavy atom. The van der Waals surface area contributed by atoms with Crippen LogP contribution in [-0.4, -0.2) is 56.5 Å². The summed E-state index contributed by atoms with van der Waals surface area (Å²) in [6, 6.07) is 6.01. The second-order valence-corrected chi connectivity index (χ2v) is 8.41. The van der Waals surface area contributed by atoms with Gasteiger partial charge in [-0.05, 0) is 31.1 Å². The predicted octanol–water partition coefficient (Wildman–Crippen LogP) is 2.81. The first-order chi connectivity index (χ1) is 15.5. The summed E-state index contributed by atoms with van der Waals surface area (Å²) in [6.45, 7) is 2.87. The maximum Gasteiger partial charge on any atom is 0.269 e. The van der Waals surface area contributed by atoms with Crippen molar-refractivity contribution in [1.29, 1.82) is 0 Å². The van der Waals surface area contributed by atoms with Gasteiger partial charge >= 0.3 is 0 Å². The number of thioether (sulfide) groups is 1. The lowest BCUT2D eigenvalue weighted by Gasteiger charge is -2.28. The SMILES string of the molecule is CSc1nc(N2CCCCC2)c2cnn(CCNC(=O)Cc3ccc([N+](=O)[O-])cc3)c2n1. The number of fused-ring (bicyclic) bond motifs is 1. The maximum atomic E-state index is 12.3. The van der Waals surface area contributed by atoms with Crippen LogP contribution in [-0.2, 0) is 17.8 Å². The number of hydrogen-bond acceptors (Lipinski definition) is 8. The smallest absolute Gasteiger partial charge is 0.269 e. The van der Waals surface area contributed by atoms with Crippen molar-refractivity contribution in [3.05, 3.63) is 46.1 Å². The van der Waals surface area contributed by atoms with E-state index < -0.39 is 4.92 Å². The zero-order valence-electron chi connectivity index (χ0n) is 17.9. The summed E-state index contributed by atoms with van der Waals surface area (Å²) in [5.41, 5.74) is 1.51. The summed E-state index contributed by atoms with van der Waals surface area (Å²) in [7, 11) is 0. The maximum absolute atomic E-state index is 12.3. The number of nitro groups is 1. The molecule has 0 bridgehead atoms. The molecule has 0 saturated carbocycles. The summed E-state index contributed by atoms with van der Waals surface area (Å²) in [4.78, 5) is 34.3. The Morgan fingerprint density at radius 1 is 1.19 bits per heavy atom. The van der Waals surface area contributed by atoms with Crippen LogP contribution in [0.4, 0.5) is 11.5 Å². The fourth-order valence-electron chi connectivity index (χ4n) is 3.81. The third-order valence-corrected chi connectivity index (χ3v) is 6.00. The third kappa shape index (κ3) is 4.98. The first-order valence-electron chi connectivity index (χ1n) is 10.6. The Kier molecular flexibility index (Phi) is 6.84. The molecule has 4 rings (SSSR count). The molecule has 1 aromatic carbocycles. The van der Waals surface area contributed by atoms with Crippen molar-refractivity contribution in [1.82, 2.24) is 25.1 Å². The van der Waals surface area contributed by atoms with Crippen molar-refractivity contribution in [3.63, 3.8) is 0 Å². The molecule has 1 aliphatic heterocycles. The lowest BCUT2D eigenvalue weighted by molar-refractivity contribution is -0.384. The van der Waals surface area contributed by atoms with Crippen LogP contribution in [0.15, 0.2) is 35.6 Å². The van der Waals surface area contributed by atoms with Crippen molar-refractivity contribution < 1.29 is 9.72 Å². The normalized spacial score (nSPS) is 14.0. The van der Waals surface area contributed by atoms with Crippen LogP contribution in [0.1, 0.15) is 24.8 Å². The molecule has 1 fully saturated rings. The molecule has 11 heteroatoms. The van der Waals surface area contributed by atoms with Crippen molar-refractivity contribution in [3.8, 4) is 0 Å². The lowest BCUT2D eigenvalue weighted by atomic mass is 10.1. The van der Waals surface area contributed by atoms with Gasteiger partial charge in [-0.15, -0.1) is 0 Å². The summed E-state index contributed by atoms with van der Waals surface area (Å²) in [5, 5.41) is 19.8. The summed E-state index contributed by atoms with van der Waals surface area (Å²) in [5.74, 6) is 0.788. The molecule has 3 heterocycles. The average molecular weight is 456 g/mol. The van der Waals surface area contributed by atoms with E-state index in [0.29, 0.717) is 18.2 Å². The second-order valence-electron chi connectivity index (χ2n) is 7.64. The van der Waals surface area contributed by atoms with Crippen molar-refractivity contribution in [2.45, 2.75) is 37.4 Å². The average Bonchev–Trinajstić information content (AvgIpc) is 3.22. The molecule has 3 aromatic rings. The molecule has 1 N–H and O–H groups in total. The van der Waals surface area contributed by atoms with Crippen LogP contribution in [0.5, 0.6) is 0 Å². The van der Waals surface area contributed by atoms with Crippen molar-refractivity contribution in [2.24, 2.45) is 0 Å². The van der Waals surface area contributed by atoms with Gasteiger partial charge in [-0.25, -0.2) is 14.6 Å². The van der Waals surface area contributed by atoms with E-state index in [1.807, 2.05) is 12.5 Å². The molecule has 0 aliphatic carbocycles. The number of nitro benzene ring substituents is 1. The van der Waals surface area contributed by atoms with Gasteiger partial charge in [-0.2, -0.15) is 5.10 Å². The molecule has 1 amide bonds. The van der Waals surface area contributed by atoms with E-state index in [2.05, 4.69) is 20.3 Å². The highest BCUT2D eigenvalue weighted by atomic mass is 32.2. The van der Waals surface area contributed by atoms with Crippen LogP contribution in [0.25, 0.3) is 11.0 Å². The number of aromatic nitrogens is 4. The Labute approximate surface area is 189 Å². The fraction of sp³-hybridized carbons (Fsp3) is 0.429. The number of hydrogen-bond donors (Lipinski definition) is 1. The highest BCUT2D eigenvalue weighted by molar-refractivity contribution is 7.98. The van der Waals surface area contributed by atoms with E-state index in [0.717, 1.165) is 48.3 Å². The van der Waals surface area contributed by atoms with Gasteiger partial charge in [0.25, 0.3) is 5.69 Å². The number of piperidine rings is 1. The monoisotopic (exact) mass is 455 g/mol. The van der Waals surface area contributed by atoms with Gasteiger partial charge in [0.05, 0.1) is 29.5 Å². The second kappa shape index (κ2) is 9.94. The van der Waals surface area contributed by atoms with Crippen LogP contribution in [0.2, 0.25) is 0 Å². The number of rotatable bonds is 8. The Balaban J connectivity index is 1.40. The molecule has 10 nitrogen and oxygen atoms in total. The van der Waals surface area contributed by atoms with Crippen LogP contribution >= 0.6 is 11.8 Å². The standard InChI is InChI=1S/C21H25N7O3S/c1-32-21-24-19(26-10-3-2-4-11-26)17-14-23-27(20(17)25-21)12-9-22-18(29)13-15-5-7-16(8-6-15)28(30)31/h5-8,14H,2-4,9-13H2,1H3,(H,22,29). The van der Waals surface area contributed by atoms with E-state index in [1.165, 1.54) is 30.3 Å². The predicted molar refractivity (Wildman–Crippen MR) is 123 cm³/mol. The molecule has 1 saturated heterocycles.